The number of aromatic hydroxyl groups is 1. The summed E-state index contributed by atoms with van der Waals surface area (Å²) in [5.74, 6) is 0.997. The number of hydrogen-bond acceptors (Lipinski definition) is 3. The molecule has 0 bridgehead atoms. The SMILES string of the molecule is Oc1ccc(O[C@H]2CCCCO2)cc1. The van der Waals surface area contributed by atoms with Crippen LogP contribution in [-0.4, -0.2) is 18.0 Å². The molecule has 76 valence electrons. The maximum absolute atomic E-state index is 9.08. The van der Waals surface area contributed by atoms with Gasteiger partial charge in [0.15, 0.2) is 6.29 Å². The minimum absolute atomic E-state index is 0.117. The highest BCUT2D eigenvalue weighted by molar-refractivity contribution is 5.30. The maximum atomic E-state index is 9.08. The molecule has 1 aliphatic heterocycles. The molecule has 2 rings (SSSR count). The summed E-state index contributed by atoms with van der Waals surface area (Å²) in [6.07, 6.45) is 3.10. The summed E-state index contributed by atoms with van der Waals surface area (Å²) in [5, 5.41) is 9.08. The Labute approximate surface area is 83.3 Å². The lowest BCUT2D eigenvalue weighted by atomic mass is 10.2. The fourth-order valence-electron chi connectivity index (χ4n) is 1.48. The second-order valence-electron chi connectivity index (χ2n) is 3.41. The van der Waals surface area contributed by atoms with Gasteiger partial charge in [-0.2, -0.15) is 0 Å². The van der Waals surface area contributed by atoms with Crippen LogP contribution in [0, 0.1) is 0 Å². The van der Waals surface area contributed by atoms with Gasteiger partial charge in [0.05, 0.1) is 6.61 Å². The molecule has 0 radical (unpaired) electrons. The average Bonchev–Trinajstić information content (AvgIpc) is 2.23. The third-order valence-electron chi connectivity index (χ3n) is 2.24. The molecule has 1 atom stereocenters. The zero-order chi connectivity index (χ0) is 9.80. The van der Waals surface area contributed by atoms with Gasteiger partial charge in [-0.05, 0) is 37.1 Å². The van der Waals surface area contributed by atoms with Gasteiger partial charge in [0.1, 0.15) is 11.5 Å². The van der Waals surface area contributed by atoms with E-state index in [1.165, 1.54) is 0 Å². The lowest BCUT2D eigenvalue weighted by molar-refractivity contribution is -0.105. The Hall–Kier alpha value is -1.22. The van der Waals surface area contributed by atoms with Gasteiger partial charge in [-0.15, -0.1) is 0 Å². The maximum Gasteiger partial charge on any atom is 0.199 e. The molecule has 1 saturated heterocycles. The highest BCUT2D eigenvalue weighted by atomic mass is 16.7. The number of benzene rings is 1. The van der Waals surface area contributed by atoms with E-state index >= 15 is 0 Å². The molecule has 14 heavy (non-hydrogen) atoms. The van der Waals surface area contributed by atoms with E-state index in [4.69, 9.17) is 14.6 Å². The van der Waals surface area contributed by atoms with E-state index < -0.39 is 0 Å². The highest BCUT2D eigenvalue weighted by Gasteiger charge is 2.14. The van der Waals surface area contributed by atoms with Crippen LogP contribution >= 0.6 is 0 Å². The summed E-state index contributed by atoms with van der Waals surface area (Å²) in [4.78, 5) is 0. The Morgan fingerprint density at radius 2 is 2.00 bits per heavy atom. The molecule has 1 heterocycles. The lowest BCUT2D eigenvalue weighted by Gasteiger charge is -2.23. The van der Waals surface area contributed by atoms with Crippen molar-refractivity contribution in [3.8, 4) is 11.5 Å². The smallest absolute Gasteiger partial charge is 0.199 e. The van der Waals surface area contributed by atoms with Crippen molar-refractivity contribution in [3.63, 3.8) is 0 Å². The van der Waals surface area contributed by atoms with Crippen molar-refractivity contribution < 1.29 is 14.6 Å². The number of hydrogen-bond donors (Lipinski definition) is 1. The zero-order valence-electron chi connectivity index (χ0n) is 7.98. The summed E-state index contributed by atoms with van der Waals surface area (Å²) in [5.41, 5.74) is 0. The molecule has 0 aromatic heterocycles. The van der Waals surface area contributed by atoms with Crippen molar-refractivity contribution in [3.05, 3.63) is 24.3 Å². The first-order valence-corrected chi connectivity index (χ1v) is 4.92. The molecule has 1 aromatic rings. The monoisotopic (exact) mass is 194 g/mol. The third-order valence-corrected chi connectivity index (χ3v) is 2.24. The second-order valence-corrected chi connectivity index (χ2v) is 3.41. The zero-order valence-corrected chi connectivity index (χ0v) is 7.98. The van der Waals surface area contributed by atoms with Gasteiger partial charge in [0, 0.05) is 6.42 Å². The molecule has 0 amide bonds. The number of ether oxygens (including phenoxy) is 2. The standard InChI is InChI=1S/C11H14O3/c12-9-4-6-10(7-5-9)14-11-3-1-2-8-13-11/h4-7,11-12H,1-3,8H2/t11-/m0/s1. The largest absolute Gasteiger partial charge is 0.508 e. The molecule has 1 fully saturated rings. The predicted octanol–water partition coefficient (Wildman–Crippen LogP) is 2.30. The van der Waals surface area contributed by atoms with Crippen LogP contribution < -0.4 is 4.74 Å². The van der Waals surface area contributed by atoms with Gasteiger partial charge >= 0.3 is 0 Å². The van der Waals surface area contributed by atoms with Crippen LogP contribution in [0.3, 0.4) is 0 Å². The van der Waals surface area contributed by atoms with Crippen LogP contribution in [0.1, 0.15) is 19.3 Å². The van der Waals surface area contributed by atoms with Crippen molar-refractivity contribution in [1.82, 2.24) is 0 Å². The Kier molecular flexibility index (Phi) is 2.89. The van der Waals surface area contributed by atoms with Crippen molar-refractivity contribution in [2.75, 3.05) is 6.61 Å². The third kappa shape index (κ3) is 2.39. The van der Waals surface area contributed by atoms with E-state index in [1.807, 2.05) is 0 Å². The minimum Gasteiger partial charge on any atom is -0.508 e. The Morgan fingerprint density at radius 3 is 2.64 bits per heavy atom. The quantitative estimate of drug-likeness (QED) is 0.785. The van der Waals surface area contributed by atoms with Gasteiger partial charge in [-0.25, -0.2) is 0 Å². The molecule has 1 N–H and O–H groups in total. The first-order chi connectivity index (χ1) is 6.84. The van der Waals surface area contributed by atoms with E-state index in [1.54, 1.807) is 24.3 Å². The topological polar surface area (TPSA) is 38.7 Å². The van der Waals surface area contributed by atoms with E-state index in [0.29, 0.717) is 0 Å². The van der Waals surface area contributed by atoms with Gasteiger partial charge < -0.3 is 14.6 Å². The number of rotatable bonds is 2. The summed E-state index contributed by atoms with van der Waals surface area (Å²) in [7, 11) is 0. The molecule has 0 spiro atoms. The van der Waals surface area contributed by atoms with Gasteiger partial charge in [-0.1, -0.05) is 0 Å². The van der Waals surface area contributed by atoms with Crippen molar-refractivity contribution in [2.45, 2.75) is 25.6 Å². The molecule has 3 heteroatoms. The van der Waals surface area contributed by atoms with Crippen LogP contribution in [0.25, 0.3) is 0 Å². The fraction of sp³-hybridized carbons (Fsp3) is 0.455. The molecular formula is C11H14O3. The van der Waals surface area contributed by atoms with Crippen LogP contribution in [0.5, 0.6) is 11.5 Å². The summed E-state index contributed by atoms with van der Waals surface area (Å²) in [6.45, 7) is 0.781. The van der Waals surface area contributed by atoms with Gasteiger partial charge in [0.25, 0.3) is 0 Å². The Morgan fingerprint density at radius 1 is 1.21 bits per heavy atom. The Balaban J connectivity index is 1.92. The summed E-state index contributed by atoms with van der Waals surface area (Å²) >= 11 is 0. The fourth-order valence-corrected chi connectivity index (χ4v) is 1.48. The molecule has 0 aliphatic carbocycles. The van der Waals surface area contributed by atoms with E-state index in [-0.39, 0.29) is 12.0 Å². The van der Waals surface area contributed by atoms with E-state index in [2.05, 4.69) is 0 Å². The predicted molar refractivity (Wildman–Crippen MR) is 52.3 cm³/mol. The summed E-state index contributed by atoms with van der Waals surface area (Å²) in [6, 6.07) is 6.71. The highest BCUT2D eigenvalue weighted by Crippen LogP contribution is 2.21. The van der Waals surface area contributed by atoms with Crippen molar-refractivity contribution >= 4 is 0 Å². The molecule has 1 aliphatic rings. The molecule has 0 unspecified atom stereocenters. The second kappa shape index (κ2) is 4.33. The normalized spacial score (nSPS) is 21.9. The van der Waals surface area contributed by atoms with Crippen molar-refractivity contribution in [2.24, 2.45) is 0 Å². The van der Waals surface area contributed by atoms with Gasteiger partial charge in [0.2, 0.25) is 0 Å². The molecule has 0 saturated carbocycles. The van der Waals surface area contributed by atoms with E-state index in [9.17, 15) is 0 Å². The van der Waals surface area contributed by atoms with Crippen LogP contribution in [-0.2, 0) is 4.74 Å². The summed E-state index contributed by atoms with van der Waals surface area (Å²) < 4.78 is 11.0. The molecule has 1 aromatic carbocycles. The first-order valence-electron chi connectivity index (χ1n) is 4.92. The Bertz CT molecular complexity index is 275. The lowest BCUT2D eigenvalue weighted by Crippen LogP contribution is -2.24. The van der Waals surface area contributed by atoms with E-state index in [0.717, 1.165) is 31.6 Å². The molecule has 3 nitrogen and oxygen atoms in total. The van der Waals surface area contributed by atoms with Crippen LogP contribution in [0.4, 0.5) is 0 Å². The number of phenols is 1. The van der Waals surface area contributed by atoms with Gasteiger partial charge in [-0.3, -0.25) is 0 Å². The first kappa shape index (κ1) is 9.34. The molecular weight excluding hydrogens is 180 g/mol. The minimum atomic E-state index is -0.117. The average molecular weight is 194 g/mol. The number of phenolic OH excluding ortho intramolecular Hbond substituents is 1. The van der Waals surface area contributed by atoms with Crippen LogP contribution in [0.2, 0.25) is 0 Å². The van der Waals surface area contributed by atoms with Crippen molar-refractivity contribution in [1.29, 1.82) is 0 Å². The van der Waals surface area contributed by atoms with Crippen LogP contribution in [0.15, 0.2) is 24.3 Å².